The number of aryl methyl sites for hydroxylation is 1. The number of anilines is 1. The Labute approximate surface area is 174 Å². The maximum Gasteiger partial charge on any atom is 0.387 e. The summed E-state index contributed by atoms with van der Waals surface area (Å²) in [7, 11) is 0. The van der Waals surface area contributed by atoms with Crippen LogP contribution in [0.15, 0.2) is 59.1 Å². The number of fused-ring (bicyclic) bond motifs is 1. The van der Waals surface area contributed by atoms with Crippen molar-refractivity contribution in [1.82, 2.24) is 9.55 Å². The zero-order chi connectivity index (χ0) is 22.3. The van der Waals surface area contributed by atoms with E-state index in [9.17, 15) is 17.6 Å². The van der Waals surface area contributed by atoms with Crippen molar-refractivity contribution in [3.8, 4) is 5.75 Å². The summed E-state index contributed by atoms with van der Waals surface area (Å²) in [6.07, 6.45) is -0.886. The van der Waals surface area contributed by atoms with E-state index in [0.29, 0.717) is 29.0 Å². The van der Waals surface area contributed by atoms with Gasteiger partial charge in [-0.1, -0.05) is 6.92 Å². The summed E-state index contributed by atoms with van der Waals surface area (Å²) in [5.41, 5.74) is 13.1. The van der Waals surface area contributed by atoms with Crippen LogP contribution in [-0.2, 0) is 6.42 Å². The summed E-state index contributed by atoms with van der Waals surface area (Å²) in [4.78, 5) is 9.97. The molecule has 0 amide bonds. The summed E-state index contributed by atoms with van der Waals surface area (Å²) in [5.74, 6) is -1.13. The van der Waals surface area contributed by atoms with Crippen LogP contribution in [0.1, 0.15) is 12.7 Å². The standard InChI is InChI=1S/C20H18F4N6O/c1-2-15-27-13-9-10(21)3-8-14(13)30(15)20-28-17(25)16(22)18(26)29(20)11-4-6-12(7-5-11)31-19(23)24/h3-9,18-19H,2,25-26H2,1H3. The maximum absolute atomic E-state index is 14.6. The molecule has 162 valence electrons. The van der Waals surface area contributed by atoms with Crippen LogP contribution in [0.25, 0.3) is 11.0 Å². The number of hydrogen-bond acceptors (Lipinski definition) is 6. The first-order valence-corrected chi connectivity index (χ1v) is 9.31. The Morgan fingerprint density at radius 1 is 1.13 bits per heavy atom. The van der Waals surface area contributed by atoms with Crippen LogP contribution in [-0.4, -0.2) is 28.3 Å². The minimum absolute atomic E-state index is 0.0730. The number of rotatable bonds is 4. The Bertz CT molecular complexity index is 1190. The molecule has 1 aliphatic heterocycles. The molecule has 0 aliphatic carbocycles. The normalized spacial score (nSPS) is 16.9. The molecule has 4 N–H and O–H groups in total. The third kappa shape index (κ3) is 3.67. The molecule has 0 bridgehead atoms. The van der Waals surface area contributed by atoms with Crippen molar-refractivity contribution >= 4 is 22.7 Å². The zero-order valence-corrected chi connectivity index (χ0v) is 16.3. The highest BCUT2D eigenvalue weighted by Crippen LogP contribution is 2.30. The van der Waals surface area contributed by atoms with Gasteiger partial charge in [-0.3, -0.25) is 9.47 Å². The second-order valence-corrected chi connectivity index (χ2v) is 6.68. The molecule has 0 fully saturated rings. The van der Waals surface area contributed by atoms with E-state index >= 15 is 0 Å². The van der Waals surface area contributed by atoms with E-state index < -0.39 is 30.2 Å². The molecule has 3 aromatic rings. The molecule has 0 radical (unpaired) electrons. The minimum atomic E-state index is -2.98. The van der Waals surface area contributed by atoms with E-state index in [0.717, 1.165) is 0 Å². The van der Waals surface area contributed by atoms with Crippen LogP contribution < -0.4 is 21.1 Å². The van der Waals surface area contributed by atoms with Gasteiger partial charge >= 0.3 is 6.61 Å². The van der Waals surface area contributed by atoms with Gasteiger partial charge in [0, 0.05) is 18.2 Å². The summed E-state index contributed by atoms with van der Waals surface area (Å²) >= 11 is 0. The van der Waals surface area contributed by atoms with Crippen molar-refractivity contribution in [3.05, 3.63) is 65.8 Å². The topological polar surface area (TPSA) is 94.7 Å². The van der Waals surface area contributed by atoms with Gasteiger partial charge in [-0.05, 0) is 36.4 Å². The van der Waals surface area contributed by atoms with Crippen LogP contribution in [0.3, 0.4) is 0 Å². The first-order chi connectivity index (χ1) is 14.8. The summed E-state index contributed by atoms with van der Waals surface area (Å²) < 4.78 is 59.2. The van der Waals surface area contributed by atoms with Gasteiger partial charge in [0.25, 0.3) is 0 Å². The third-order valence-electron chi connectivity index (χ3n) is 4.76. The van der Waals surface area contributed by atoms with Crippen LogP contribution in [0.4, 0.5) is 23.2 Å². The zero-order valence-electron chi connectivity index (χ0n) is 16.3. The highest BCUT2D eigenvalue weighted by Gasteiger charge is 2.33. The number of aliphatic imine (C=N–C) groups is 1. The first kappa shape index (κ1) is 20.7. The number of halogens is 4. The van der Waals surface area contributed by atoms with Gasteiger partial charge in [0.05, 0.1) is 11.0 Å². The smallest absolute Gasteiger partial charge is 0.387 e. The van der Waals surface area contributed by atoms with Crippen LogP contribution in [0.2, 0.25) is 0 Å². The Kier molecular flexibility index (Phi) is 5.27. The van der Waals surface area contributed by atoms with Gasteiger partial charge in [-0.25, -0.2) is 13.8 Å². The number of benzene rings is 2. The number of ether oxygens (including phenoxy) is 1. The number of aromatic nitrogens is 2. The average molecular weight is 434 g/mol. The van der Waals surface area contributed by atoms with Crippen molar-refractivity contribution in [2.75, 3.05) is 4.90 Å². The highest BCUT2D eigenvalue weighted by atomic mass is 19.3. The molecule has 0 saturated heterocycles. The lowest BCUT2D eigenvalue weighted by atomic mass is 10.2. The lowest BCUT2D eigenvalue weighted by Gasteiger charge is -2.34. The fourth-order valence-electron chi connectivity index (χ4n) is 3.39. The number of hydrogen-bond donors (Lipinski definition) is 2. The number of alkyl halides is 2. The second-order valence-electron chi connectivity index (χ2n) is 6.68. The van der Waals surface area contributed by atoms with Crippen molar-refractivity contribution in [1.29, 1.82) is 0 Å². The second kappa shape index (κ2) is 7.91. The van der Waals surface area contributed by atoms with Crippen LogP contribution >= 0.6 is 0 Å². The molecule has 1 aromatic heterocycles. The Hall–Kier alpha value is -3.60. The van der Waals surface area contributed by atoms with Gasteiger partial charge in [-0.2, -0.15) is 13.8 Å². The Morgan fingerprint density at radius 3 is 2.48 bits per heavy atom. The molecule has 2 aromatic carbocycles. The van der Waals surface area contributed by atoms with Crippen LogP contribution in [0.5, 0.6) is 5.75 Å². The van der Waals surface area contributed by atoms with E-state index in [1.807, 2.05) is 6.92 Å². The predicted octanol–water partition coefficient (Wildman–Crippen LogP) is 3.45. The molecule has 0 spiro atoms. The van der Waals surface area contributed by atoms with Crippen molar-refractivity contribution in [2.45, 2.75) is 26.1 Å². The lowest BCUT2D eigenvalue weighted by Crippen LogP contribution is -2.52. The number of imidazole rings is 1. The molecule has 1 atom stereocenters. The summed E-state index contributed by atoms with van der Waals surface area (Å²) in [6, 6.07) is 9.53. The van der Waals surface area contributed by atoms with Crippen molar-refractivity contribution in [2.24, 2.45) is 16.5 Å². The molecule has 7 nitrogen and oxygen atoms in total. The largest absolute Gasteiger partial charge is 0.435 e. The van der Waals surface area contributed by atoms with E-state index in [1.165, 1.54) is 47.4 Å². The summed E-state index contributed by atoms with van der Waals surface area (Å²) in [5, 5.41) is 0. The Morgan fingerprint density at radius 2 is 1.84 bits per heavy atom. The van der Waals surface area contributed by atoms with Crippen molar-refractivity contribution in [3.63, 3.8) is 0 Å². The number of nitrogens with zero attached hydrogens (tertiary/aromatic N) is 4. The Balaban J connectivity index is 1.88. The van der Waals surface area contributed by atoms with E-state index in [1.54, 1.807) is 4.57 Å². The van der Waals surface area contributed by atoms with Crippen molar-refractivity contribution < 1.29 is 22.3 Å². The fourth-order valence-corrected chi connectivity index (χ4v) is 3.39. The molecule has 2 heterocycles. The quantitative estimate of drug-likeness (QED) is 0.614. The molecular weight excluding hydrogens is 416 g/mol. The minimum Gasteiger partial charge on any atom is -0.435 e. The van der Waals surface area contributed by atoms with Gasteiger partial charge in [0.2, 0.25) is 5.96 Å². The van der Waals surface area contributed by atoms with Gasteiger partial charge in [0.15, 0.2) is 11.6 Å². The average Bonchev–Trinajstić information content (AvgIpc) is 3.09. The SMILES string of the molecule is CCc1nc2cc(F)ccc2n1C1=NC(N)=C(F)C(N)N1c1ccc(OC(F)F)cc1. The third-order valence-corrected chi connectivity index (χ3v) is 4.76. The molecule has 1 aliphatic rings. The number of nitrogens with two attached hydrogens (primary N) is 2. The lowest BCUT2D eigenvalue weighted by molar-refractivity contribution is -0.0498. The van der Waals surface area contributed by atoms with E-state index in [-0.39, 0.29) is 11.7 Å². The molecular formula is C20H18F4N6O. The highest BCUT2D eigenvalue weighted by molar-refractivity contribution is 6.04. The van der Waals surface area contributed by atoms with Gasteiger partial charge in [-0.15, -0.1) is 0 Å². The molecule has 31 heavy (non-hydrogen) atoms. The molecule has 0 saturated carbocycles. The van der Waals surface area contributed by atoms with Crippen LogP contribution in [0, 0.1) is 5.82 Å². The molecule has 4 rings (SSSR count). The molecule has 1 unspecified atom stereocenters. The first-order valence-electron chi connectivity index (χ1n) is 9.31. The molecule has 11 heteroatoms. The maximum atomic E-state index is 14.6. The van der Waals surface area contributed by atoms with Gasteiger partial charge in [0.1, 0.15) is 23.6 Å². The van der Waals surface area contributed by atoms with Gasteiger partial charge < -0.3 is 16.2 Å². The van der Waals surface area contributed by atoms with E-state index in [4.69, 9.17) is 11.5 Å². The van der Waals surface area contributed by atoms with E-state index in [2.05, 4.69) is 14.7 Å². The summed E-state index contributed by atoms with van der Waals surface area (Å²) in [6.45, 7) is -1.14. The predicted molar refractivity (Wildman–Crippen MR) is 108 cm³/mol. The fraction of sp³-hybridized carbons (Fsp3) is 0.200. The monoisotopic (exact) mass is 434 g/mol.